The van der Waals surface area contributed by atoms with Gasteiger partial charge in [0.2, 0.25) is 5.91 Å². The molecule has 0 radical (unpaired) electrons. The number of rotatable bonds is 3. The number of amides is 1. The third-order valence-electron chi connectivity index (χ3n) is 4.44. The van der Waals surface area contributed by atoms with Crippen molar-refractivity contribution in [2.45, 2.75) is 20.8 Å². The van der Waals surface area contributed by atoms with Crippen LogP contribution >= 0.6 is 11.3 Å². The lowest BCUT2D eigenvalue weighted by molar-refractivity contribution is -0.139. The molecule has 6 heteroatoms. The number of nitrogens with zero attached hydrogens (tertiary/aromatic N) is 2. The highest BCUT2D eigenvalue weighted by Crippen LogP contribution is 2.39. The van der Waals surface area contributed by atoms with Crippen LogP contribution in [0.1, 0.15) is 27.1 Å². The number of methoxy groups -OCH3 is 1. The highest BCUT2D eigenvalue weighted by molar-refractivity contribution is 7.17. The van der Waals surface area contributed by atoms with Gasteiger partial charge in [0.15, 0.2) is 0 Å². The number of hydrogen-bond donors (Lipinski definition) is 0. The van der Waals surface area contributed by atoms with Gasteiger partial charge in [0, 0.05) is 16.0 Å². The molecule has 130 valence electrons. The quantitative estimate of drug-likeness (QED) is 0.794. The van der Waals surface area contributed by atoms with Crippen molar-refractivity contribution < 1.29 is 14.3 Å². The van der Waals surface area contributed by atoms with Gasteiger partial charge in [-0.3, -0.25) is 19.5 Å². The van der Waals surface area contributed by atoms with Crippen molar-refractivity contribution in [2.75, 3.05) is 25.1 Å². The summed E-state index contributed by atoms with van der Waals surface area (Å²) in [6.45, 7) is 6.00. The Balaban J connectivity index is 2.20. The first kappa shape index (κ1) is 17.4. The van der Waals surface area contributed by atoms with E-state index in [9.17, 15) is 9.59 Å². The van der Waals surface area contributed by atoms with Crippen LogP contribution in [0.4, 0.5) is 5.00 Å². The van der Waals surface area contributed by atoms with Gasteiger partial charge in [-0.05, 0) is 31.9 Å². The zero-order valence-corrected chi connectivity index (χ0v) is 15.6. The molecule has 0 aliphatic carbocycles. The van der Waals surface area contributed by atoms with E-state index >= 15 is 0 Å². The largest absolute Gasteiger partial charge is 0.468 e. The summed E-state index contributed by atoms with van der Waals surface area (Å²) in [6, 6.07) is 8.01. The Kier molecular flexibility index (Phi) is 4.72. The Morgan fingerprint density at radius 2 is 2.00 bits per heavy atom. The van der Waals surface area contributed by atoms with E-state index in [1.807, 2.05) is 45.0 Å². The highest BCUT2D eigenvalue weighted by atomic mass is 32.1. The highest BCUT2D eigenvalue weighted by Gasteiger charge is 2.31. The number of ether oxygens (including phenoxy) is 1. The second kappa shape index (κ2) is 6.80. The first-order valence-electron chi connectivity index (χ1n) is 8.02. The molecule has 0 saturated carbocycles. The minimum atomic E-state index is -0.442. The lowest BCUT2D eigenvalue weighted by Crippen LogP contribution is -2.37. The van der Waals surface area contributed by atoms with Crippen LogP contribution in [-0.2, 0) is 14.3 Å². The molecule has 0 saturated heterocycles. The van der Waals surface area contributed by atoms with E-state index < -0.39 is 5.97 Å². The van der Waals surface area contributed by atoms with Crippen molar-refractivity contribution >= 4 is 33.9 Å². The van der Waals surface area contributed by atoms with Crippen molar-refractivity contribution in [3.8, 4) is 0 Å². The fourth-order valence-electron chi connectivity index (χ4n) is 2.91. The maximum atomic E-state index is 12.6. The van der Waals surface area contributed by atoms with Crippen LogP contribution in [0.2, 0.25) is 0 Å². The van der Waals surface area contributed by atoms with Crippen LogP contribution in [0.5, 0.6) is 0 Å². The molecule has 25 heavy (non-hydrogen) atoms. The number of aryl methyl sites for hydroxylation is 2. The summed E-state index contributed by atoms with van der Waals surface area (Å²) in [5, 5.41) is 0.768. The van der Waals surface area contributed by atoms with Gasteiger partial charge in [-0.25, -0.2) is 0 Å². The summed E-state index contributed by atoms with van der Waals surface area (Å²) in [6.07, 6.45) is 0. The monoisotopic (exact) mass is 356 g/mol. The number of aliphatic imine (C=N–C) groups is 1. The average molecular weight is 356 g/mol. The van der Waals surface area contributed by atoms with Gasteiger partial charge in [0.05, 0.1) is 12.8 Å². The topological polar surface area (TPSA) is 59.0 Å². The molecule has 1 aromatic heterocycles. The molecule has 2 aromatic rings. The van der Waals surface area contributed by atoms with E-state index in [-0.39, 0.29) is 19.0 Å². The zero-order chi connectivity index (χ0) is 18.1. The molecule has 0 atom stereocenters. The summed E-state index contributed by atoms with van der Waals surface area (Å²) >= 11 is 1.52. The second-order valence-electron chi connectivity index (χ2n) is 6.00. The summed E-state index contributed by atoms with van der Waals surface area (Å²) in [5.41, 5.74) is 4.95. The van der Waals surface area contributed by atoms with E-state index in [0.29, 0.717) is 0 Å². The Morgan fingerprint density at radius 1 is 1.28 bits per heavy atom. The first-order valence-corrected chi connectivity index (χ1v) is 8.83. The van der Waals surface area contributed by atoms with Gasteiger partial charge in [0.25, 0.3) is 0 Å². The number of fused-ring (bicyclic) bond motifs is 1. The minimum absolute atomic E-state index is 0.0144. The average Bonchev–Trinajstić information content (AvgIpc) is 2.81. The molecule has 0 fully saturated rings. The maximum Gasteiger partial charge on any atom is 0.325 e. The van der Waals surface area contributed by atoms with Crippen molar-refractivity contribution in [1.29, 1.82) is 0 Å². The van der Waals surface area contributed by atoms with Gasteiger partial charge < -0.3 is 4.74 Å². The summed E-state index contributed by atoms with van der Waals surface area (Å²) < 4.78 is 4.76. The minimum Gasteiger partial charge on any atom is -0.468 e. The summed E-state index contributed by atoms with van der Waals surface area (Å²) in [4.78, 5) is 31.6. The lowest BCUT2D eigenvalue weighted by atomic mass is 9.96. The SMILES string of the molecule is COC(=O)CN1C(=O)CN=C(c2ccccc2C)c2c1sc(C)c2C. The molecule has 1 aliphatic rings. The number of thiophene rings is 1. The fraction of sp³-hybridized carbons (Fsp3) is 0.316. The number of anilines is 1. The predicted molar refractivity (Wildman–Crippen MR) is 99.8 cm³/mol. The van der Waals surface area contributed by atoms with Crippen molar-refractivity contribution in [2.24, 2.45) is 4.99 Å². The molecule has 1 aromatic carbocycles. The van der Waals surface area contributed by atoms with Gasteiger partial charge in [-0.2, -0.15) is 0 Å². The molecule has 1 amide bonds. The number of esters is 1. The molecule has 3 rings (SSSR count). The van der Waals surface area contributed by atoms with E-state index in [4.69, 9.17) is 4.74 Å². The zero-order valence-electron chi connectivity index (χ0n) is 14.8. The van der Waals surface area contributed by atoms with Gasteiger partial charge in [-0.15, -0.1) is 11.3 Å². The van der Waals surface area contributed by atoms with Crippen molar-refractivity contribution in [3.63, 3.8) is 0 Å². The Hall–Kier alpha value is -2.47. The molecule has 0 spiro atoms. The molecule has 0 N–H and O–H groups in total. The number of carbonyl (C=O) groups excluding carboxylic acids is 2. The van der Waals surface area contributed by atoms with Crippen LogP contribution in [0.15, 0.2) is 29.3 Å². The number of hydrogen-bond acceptors (Lipinski definition) is 5. The van der Waals surface area contributed by atoms with Crippen molar-refractivity contribution in [1.82, 2.24) is 0 Å². The van der Waals surface area contributed by atoms with Gasteiger partial charge in [0.1, 0.15) is 18.1 Å². The normalized spacial score (nSPS) is 14.0. The second-order valence-corrected chi connectivity index (χ2v) is 7.20. The molecule has 2 heterocycles. The fourth-order valence-corrected chi connectivity index (χ4v) is 4.09. The maximum absolute atomic E-state index is 12.6. The van der Waals surface area contributed by atoms with Gasteiger partial charge in [-0.1, -0.05) is 24.3 Å². The van der Waals surface area contributed by atoms with E-state index in [0.717, 1.165) is 37.8 Å². The molecule has 0 bridgehead atoms. The Bertz CT molecular complexity index is 883. The molecule has 5 nitrogen and oxygen atoms in total. The van der Waals surface area contributed by atoms with Crippen LogP contribution in [-0.4, -0.2) is 37.8 Å². The number of carbonyl (C=O) groups is 2. The Morgan fingerprint density at radius 3 is 2.68 bits per heavy atom. The van der Waals surface area contributed by atoms with Gasteiger partial charge >= 0.3 is 5.97 Å². The number of benzene rings is 1. The van der Waals surface area contributed by atoms with Crippen LogP contribution in [0, 0.1) is 20.8 Å². The molecule has 1 aliphatic heterocycles. The summed E-state index contributed by atoms with van der Waals surface area (Å²) in [7, 11) is 1.33. The van der Waals surface area contributed by atoms with Crippen LogP contribution in [0.3, 0.4) is 0 Å². The van der Waals surface area contributed by atoms with Crippen LogP contribution in [0.25, 0.3) is 0 Å². The third-order valence-corrected chi connectivity index (χ3v) is 5.67. The smallest absolute Gasteiger partial charge is 0.325 e. The Labute approximate surface area is 150 Å². The standard InChI is InChI=1S/C19H20N2O3S/c1-11-7-5-6-8-14(11)18-17-12(2)13(3)25-19(17)21(10-16(23)24-4)15(22)9-20-18/h5-8H,9-10H2,1-4H3. The van der Waals surface area contributed by atoms with E-state index in [1.54, 1.807) is 0 Å². The van der Waals surface area contributed by atoms with Crippen molar-refractivity contribution in [3.05, 3.63) is 51.4 Å². The third kappa shape index (κ3) is 3.09. The van der Waals surface area contributed by atoms with E-state index in [2.05, 4.69) is 4.99 Å². The summed E-state index contributed by atoms with van der Waals surface area (Å²) in [5.74, 6) is -0.640. The first-order chi connectivity index (χ1) is 11.9. The lowest BCUT2D eigenvalue weighted by Gasteiger charge is -2.19. The van der Waals surface area contributed by atoms with E-state index in [1.165, 1.54) is 23.3 Å². The molecule has 0 unspecified atom stereocenters. The molecular weight excluding hydrogens is 336 g/mol. The van der Waals surface area contributed by atoms with Crippen LogP contribution < -0.4 is 4.90 Å². The predicted octanol–water partition coefficient (Wildman–Crippen LogP) is 3.03. The molecular formula is C19H20N2O3S.